The van der Waals surface area contributed by atoms with Gasteiger partial charge in [0.25, 0.3) is 5.56 Å². The predicted molar refractivity (Wildman–Crippen MR) is 71.0 cm³/mol. The maximum absolute atomic E-state index is 12.1. The fourth-order valence-corrected chi connectivity index (χ4v) is 2.01. The highest BCUT2D eigenvalue weighted by molar-refractivity contribution is 6.21. The van der Waals surface area contributed by atoms with E-state index in [4.69, 9.17) is 11.6 Å². The van der Waals surface area contributed by atoms with Gasteiger partial charge >= 0.3 is 5.69 Å². The van der Waals surface area contributed by atoms with Crippen molar-refractivity contribution in [3.8, 4) is 0 Å². The summed E-state index contributed by atoms with van der Waals surface area (Å²) in [4.78, 5) is 30.2. The summed E-state index contributed by atoms with van der Waals surface area (Å²) in [6, 6.07) is 1.72. The Morgan fingerprint density at radius 3 is 2.67 bits per heavy atom. The van der Waals surface area contributed by atoms with Crippen molar-refractivity contribution < 1.29 is 0 Å². The Bertz CT molecular complexity index is 703. The molecule has 0 fully saturated rings. The van der Waals surface area contributed by atoms with Crippen LogP contribution >= 0.6 is 11.6 Å². The third-order valence-corrected chi connectivity index (χ3v) is 3.65. The fraction of sp³-hybridized carbons (Fsp3) is 0.417. The van der Waals surface area contributed by atoms with Crippen LogP contribution in [-0.2, 0) is 7.05 Å². The van der Waals surface area contributed by atoms with E-state index in [0.29, 0.717) is 10.9 Å². The number of halogens is 1. The average Bonchev–Trinajstić information content (AvgIpc) is 2.34. The van der Waals surface area contributed by atoms with Gasteiger partial charge in [0.1, 0.15) is 5.65 Å². The molecule has 96 valence electrons. The zero-order valence-corrected chi connectivity index (χ0v) is 11.2. The molecule has 2 aromatic heterocycles. The zero-order valence-electron chi connectivity index (χ0n) is 10.4. The minimum absolute atomic E-state index is 0.175. The van der Waals surface area contributed by atoms with Gasteiger partial charge in [-0.05, 0) is 17.5 Å². The van der Waals surface area contributed by atoms with E-state index in [1.807, 2.05) is 13.8 Å². The quantitative estimate of drug-likeness (QED) is 0.840. The number of pyridine rings is 1. The Balaban J connectivity index is 2.89. The molecule has 0 aliphatic carbocycles. The number of hydrogen-bond donors (Lipinski definition) is 1. The van der Waals surface area contributed by atoms with Gasteiger partial charge < -0.3 is 0 Å². The summed E-state index contributed by atoms with van der Waals surface area (Å²) < 4.78 is 1.03. The van der Waals surface area contributed by atoms with Crippen molar-refractivity contribution in [3.63, 3.8) is 0 Å². The molecule has 5 nitrogen and oxygen atoms in total. The molecule has 2 rings (SSSR count). The Morgan fingerprint density at radius 2 is 2.06 bits per heavy atom. The molecule has 0 radical (unpaired) electrons. The van der Waals surface area contributed by atoms with Gasteiger partial charge in [0, 0.05) is 13.2 Å². The summed E-state index contributed by atoms with van der Waals surface area (Å²) in [5, 5.41) is 0.0856. The summed E-state index contributed by atoms with van der Waals surface area (Å²) in [7, 11) is 1.43. The van der Waals surface area contributed by atoms with E-state index in [1.165, 1.54) is 7.05 Å². The molecule has 0 amide bonds. The van der Waals surface area contributed by atoms with Crippen LogP contribution in [0.25, 0.3) is 11.0 Å². The molecule has 6 heteroatoms. The lowest BCUT2D eigenvalue weighted by Gasteiger charge is -2.15. The zero-order chi connectivity index (χ0) is 13.4. The van der Waals surface area contributed by atoms with Crippen molar-refractivity contribution in [2.24, 2.45) is 13.0 Å². The number of H-pyrrole nitrogens is 1. The molecule has 1 N–H and O–H groups in total. The monoisotopic (exact) mass is 267 g/mol. The van der Waals surface area contributed by atoms with Gasteiger partial charge in [-0.3, -0.25) is 14.3 Å². The van der Waals surface area contributed by atoms with Gasteiger partial charge in [0.05, 0.1) is 10.8 Å². The van der Waals surface area contributed by atoms with Crippen LogP contribution in [0.3, 0.4) is 0 Å². The molecule has 0 saturated heterocycles. The number of aromatic amines is 1. The van der Waals surface area contributed by atoms with E-state index in [9.17, 15) is 9.59 Å². The van der Waals surface area contributed by atoms with E-state index in [1.54, 1.807) is 12.3 Å². The Labute approximate surface area is 108 Å². The number of nitrogens with zero attached hydrogens (tertiary/aromatic N) is 2. The number of fused-ring (bicyclic) bond motifs is 1. The van der Waals surface area contributed by atoms with E-state index in [0.717, 1.165) is 4.57 Å². The summed E-state index contributed by atoms with van der Waals surface area (Å²) in [6.07, 6.45) is 1.55. The first-order valence-electron chi connectivity index (χ1n) is 5.65. The molecule has 0 saturated carbocycles. The van der Waals surface area contributed by atoms with Gasteiger partial charge in [-0.2, -0.15) is 0 Å². The van der Waals surface area contributed by atoms with E-state index >= 15 is 0 Å². The molecule has 0 aromatic carbocycles. The minimum atomic E-state index is -0.479. The maximum atomic E-state index is 12.1. The normalized spacial score (nSPS) is 13.2. The number of alkyl halides is 1. The van der Waals surface area contributed by atoms with E-state index < -0.39 is 5.69 Å². The largest absolute Gasteiger partial charge is 0.329 e. The second kappa shape index (κ2) is 4.57. The molecule has 0 spiro atoms. The SMILES string of the molecule is CC(C)C(Cl)c1ccnc2[nH]c(=O)n(C)c(=O)c12. The van der Waals surface area contributed by atoms with Crippen LogP contribution in [0.5, 0.6) is 0 Å². The molecule has 1 unspecified atom stereocenters. The Morgan fingerprint density at radius 1 is 1.39 bits per heavy atom. The third-order valence-electron chi connectivity index (χ3n) is 2.91. The van der Waals surface area contributed by atoms with Crippen LogP contribution in [-0.4, -0.2) is 14.5 Å². The number of hydrogen-bond acceptors (Lipinski definition) is 3. The van der Waals surface area contributed by atoms with Gasteiger partial charge in [0.2, 0.25) is 0 Å². The van der Waals surface area contributed by atoms with Crippen LogP contribution in [0, 0.1) is 5.92 Å². The van der Waals surface area contributed by atoms with Crippen molar-refractivity contribution in [1.29, 1.82) is 0 Å². The van der Waals surface area contributed by atoms with Crippen LogP contribution in [0.4, 0.5) is 0 Å². The van der Waals surface area contributed by atoms with E-state index in [2.05, 4.69) is 9.97 Å². The maximum Gasteiger partial charge on any atom is 0.329 e. The van der Waals surface area contributed by atoms with Crippen molar-refractivity contribution >= 4 is 22.6 Å². The lowest BCUT2D eigenvalue weighted by Crippen LogP contribution is -2.33. The summed E-state index contributed by atoms with van der Waals surface area (Å²) in [6.45, 7) is 3.94. The first kappa shape index (κ1) is 12.8. The molecule has 0 aliphatic rings. The van der Waals surface area contributed by atoms with Crippen LogP contribution in [0.15, 0.2) is 21.9 Å². The van der Waals surface area contributed by atoms with Gasteiger partial charge in [-0.15, -0.1) is 11.6 Å². The molecular formula is C12H14ClN3O2. The van der Waals surface area contributed by atoms with Crippen LogP contribution in [0.1, 0.15) is 24.8 Å². The number of rotatable bonds is 2. The third kappa shape index (κ3) is 1.95. The topological polar surface area (TPSA) is 67.8 Å². The molecule has 1 atom stereocenters. The molecule has 18 heavy (non-hydrogen) atoms. The second-order valence-corrected chi connectivity index (χ2v) is 5.03. The molecule has 0 aliphatic heterocycles. The summed E-state index contributed by atoms with van der Waals surface area (Å²) in [5.41, 5.74) is 0.136. The molecular weight excluding hydrogens is 254 g/mol. The lowest BCUT2D eigenvalue weighted by atomic mass is 10.0. The van der Waals surface area contributed by atoms with Crippen molar-refractivity contribution in [2.75, 3.05) is 0 Å². The number of nitrogens with one attached hydrogen (secondary N) is 1. The standard InChI is InChI=1S/C12H14ClN3O2/c1-6(2)9(13)7-4-5-14-10-8(7)11(17)16(3)12(18)15-10/h4-6,9H,1-3H3,(H,14,15,18). The first-order chi connectivity index (χ1) is 8.43. The van der Waals surface area contributed by atoms with Crippen molar-refractivity contribution in [1.82, 2.24) is 14.5 Å². The Hall–Kier alpha value is -1.62. The van der Waals surface area contributed by atoms with Crippen LogP contribution < -0.4 is 11.2 Å². The van der Waals surface area contributed by atoms with Crippen molar-refractivity contribution in [2.45, 2.75) is 19.2 Å². The van der Waals surface area contributed by atoms with Gasteiger partial charge in [0.15, 0.2) is 0 Å². The molecule has 2 aromatic rings. The van der Waals surface area contributed by atoms with Crippen LogP contribution in [0.2, 0.25) is 0 Å². The predicted octanol–water partition coefficient (Wildman–Crippen LogP) is 1.56. The highest BCUT2D eigenvalue weighted by Crippen LogP contribution is 2.30. The summed E-state index contributed by atoms with van der Waals surface area (Å²) >= 11 is 6.32. The average molecular weight is 268 g/mol. The fourth-order valence-electron chi connectivity index (χ4n) is 1.83. The minimum Gasteiger partial charge on any atom is -0.291 e. The lowest BCUT2D eigenvalue weighted by molar-refractivity contribution is 0.625. The summed E-state index contributed by atoms with van der Waals surface area (Å²) in [5.74, 6) is 0.175. The highest BCUT2D eigenvalue weighted by Gasteiger charge is 2.19. The van der Waals surface area contributed by atoms with Crippen molar-refractivity contribution in [3.05, 3.63) is 38.7 Å². The smallest absolute Gasteiger partial charge is 0.291 e. The van der Waals surface area contributed by atoms with Gasteiger partial charge in [-0.25, -0.2) is 9.78 Å². The van der Waals surface area contributed by atoms with Gasteiger partial charge in [-0.1, -0.05) is 13.8 Å². The Kier molecular flexibility index (Phi) is 3.26. The first-order valence-corrected chi connectivity index (χ1v) is 6.09. The second-order valence-electron chi connectivity index (χ2n) is 4.56. The van der Waals surface area contributed by atoms with E-state index in [-0.39, 0.29) is 22.5 Å². The molecule has 2 heterocycles. The highest BCUT2D eigenvalue weighted by atomic mass is 35.5. The molecule has 0 bridgehead atoms. The number of aromatic nitrogens is 3.